The Labute approximate surface area is 273 Å². The standard InChI is InChI=1S/C37H49N5O4/c1-25(27-12-6-5-7-13-27)31(35(45)39-34-30-15-9-8-14-28(30)19-33(34)44)20-29(43)23-42-18-17-41(22-26-11-10-16-38-21-26)24-32(42)36(46)40-37(2,3)4/h5-16,21,25,29,31-34,43-44H,17-20,22-24H2,1-4H3,(H,39,45)(H,40,46)/t25?,29-,31+,32-,33+,34-/m0/s1. The van der Waals surface area contributed by atoms with Crippen LogP contribution in [0.5, 0.6) is 0 Å². The molecule has 0 spiro atoms. The normalized spacial score (nSPS) is 22.4. The number of nitrogens with zero attached hydrogens (tertiary/aromatic N) is 3. The van der Waals surface area contributed by atoms with Gasteiger partial charge in [-0.1, -0.05) is 67.6 Å². The molecular weight excluding hydrogens is 578 g/mol. The lowest BCUT2D eigenvalue weighted by Gasteiger charge is -2.42. The van der Waals surface area contributed by atoms with Gasteiger partial charge in [0.1, 0.15) is 6.04 Å². The molecular formula is C37H49N5O4. The van der Waals surface area contributed by atoms with Crippen LogP contribution in [0.25, 0.3) is 0 Å². The third-order valence-corrected chi connectivity index (χ3v) is 9.24. The van der Waals surface area contributed by atoms with E-state index >= 15 is 0 Å². The molecule has 9 heteroatoms. The average molecular weight is 628 g/mol. The molecule has 3 aromatic rings. The summed E-state index contributed by atoms with van der Waals surface area (Å²) in [6, 6.07) is 20.7. The minimum atomic E-state index is -0.850. The molecule has 1 aliphatic heterocycles. The number of β-amino-alcohol motifs (C(OH)–C–C–N with tert-alkyl or cyclic N) is 1. The van der Waals surface area contributed by atoms with Crippen LogP contribution in [0.15, 0.2) is 79.1 Å². The van der Waals surface area contributed by atoms with Crippen LogP contribution in [0.3, 0.4) is 0 Å². The topological polar surface area (TPSA) is 118 Å². The highest BCUT2D eigenvalue weighted by Crippen LogP contribution is 2.34. The second-order valence-corrected chi connectivity index (χ2v) is 14.0. The van der Waals surface area contributed by atoms with Crippen LogP contribution in [0, 0.1) is 5.92 Å². The minimum Gasteiger partial charge on any atom is -0.392 e. The molecule has 2 heterocycles. The van der Waals surface area contributed by atoms with Gasteiger partial charge in [-0.05, 0) is 61.4 Å². The first-order chi connectivity index (χ1) is 22.0. The molecule has 46 heavy (non-hydrogen) atoms. The molecule has 1 fully saturated rings. The molecule has 5 rings (SSSR count). The summed E-state index contributed by atoms with van der Waals surface area (Å²) < 4.78 is 0. The molecule has 0 saturated carbocycles. The number of pyridine rings is 1. The maximum absolute atomic E-state index is 14.0. The summed E-state index contributed by atoms with van der Waals surface area (Å²) in [7, 11) is 0. The number of piperazine rings is 1. The predicted octanol–water partition coefficient (Wildman–Crippen LogP) is 3.43. The Balaban J connectivity index is 1.31. The van der Waals surface area contributed by atoms with Gasteiger partial charge in [-0.3, -0.25) is 24.4 Å². The number of amides is 2. The second kappa shape index (κ2) is 14.9. The highest BCUT2D eigenvalue weighted by Gasteiger charge is 2.38. The molecule has 2 aromatic carbocycles. The lowest BCUT2D eigenvalue weighted by atomic mass is 9.82. The van der Waals surface area contributed by atoms with Crippen molar-refractivity contribution in [3.8, 4) is 0 Å². The van der Waals surface area contributed by atoms with E-state index in [1.807, 2.05) is 101 Å². The van der Waals surface area contributed by atoms with Crippen LogP contribution in [-0.2, 0) is 22.6 Å². The number of fused-ring (bicyclic) bond motifs is 1. The first-order valence-corrected chi connectivity index (χ1v) is 16.4. The van der Waals surface area contributed by atoms with E-state index in [1.54, 1.807) is 6.20 Å². The fourth-order valence-corrected chi connectivity index (χ4v) is 6.86. The van der Waals surface area contributed by atoms with Crippen LogP contribution < -0.4 is 10.6 Å². The van der Waals surface area contributed by atoms with Crippen LogP contribution in [0.2, 0.25) is 0 Å². The highest BCUT2D eigenvalue weighted by atomic mass is 16.3. The van der Waals surface area contributed by atoms with Crippen molar-refractivity contribution in [3.05, 3.63) is 101 Å². The monoisotopic (exact) mass is 627 g/mol. The van der Waals surface area contributed by atoms with Gasteiger partial charge in [-0.25, -0.2) is 0 Å². The zero-order valence-corrected chi connectivity index (χ0v) is 27.5. The fourth-order valence-electron chi connectivity index (χ4n) is 6.86. The van der Waals surface area contributed by atoms with Crippen molar-refractivity contribution in [3.63, 3.8) is 0 Å². The number of aliphatic hydroxyl groups is 2. The first kappa shape index (κ1) is 33.7. The van der Waals surface area contributed by atoms with Crippen molar-refractivity contribution in [2.24, 2.45) is 5.92 Å². The summed E-state index contributed by atoms with van der Waals surface area (Å²) in [5.74, 6) is -0.997. The Kier molecular flexibility index (Phi) is 10.9. The number of rotatable bonds is 11. The largest absolute Gasteiger partial charge is 0.392 e. The molecule has 1 saturated heterocycles. The van der Waals surface area contributed by atoms with Gasteiger partial charge in [-0.15, -0.1) is 0 Å². The summed E-state index contributed by atoms with van der Waals surface area (Å²) >= 11 is 0. The number of benzene rings is 2. The molecule has 0 radical (unpaired) electrons. The number of aliphatic hydroxyl groups excluding tert-OH is 2. The summed E-state index contributed by atoms with van der Waals surface area (Å²) in [4.78, 5) is 36.2. The Bertz CT molecular complexity index is 1450. The van der Waals surface area contributed by atoms with E-state index in [0.29, 0.717) is 26.1 Å². The minimum absolute atomic E-state index is 0.0728. The lowest BCUT2D eigenvalue weighted by Crippen LogP contribution is -2.62. The van der Waals surface area contributed by atoms with Gasteiger partial charge in [-0.2, -0.15) is 0 Å². The predicted molar refractivity (Wildman–Crippen MR) is 179 cm³/mol. The van der Waals surface area contributed by atoms with Crippen molar-refractivity contribution < 1.29 is 19.8 Å². The molecule has 1 unspecified atom stereocenters. The van der Waals surface area contributed by atoms with Crippen LogP contribution >= 0.6 is 0 Å². The molecule has 4 N–H and O–H groups in total. The zero-order chi connectivity index (χ0) is 32.8. The third kappa shape index (κ3) is 8.59. The van der Waals surface area contributed by atoms with Gasteiger partial charge < -0.3 is 20.8 Å². The summed E-state index contributed by atoms with van der Waals surface area (Å²) in [5.41, 5.74) is 3.67. The number of carbonyl (C=O) groups excluding carboxylic acids is 2. The van der Waals surface area contributed by atoms with E-state index < -0.39 is 35.7 Å². The van der Waals surface area contributed by atoms with Crippen LogP contribution in [-0.4, -0.2) is 86.8 Å². The first-order valence-electron chi connectivity index (χ1n) is 16.4. The number of nitrogens with one attached hydrogen (secondary N) is 2. The lowest BCUT2D eigenvalue weighted by molar-refractivity contribution is -0.132. The Morgan fingerprint density at radius 2 is 1.76 bits per heavy atom. The molecule has 2 aliphatic rings. The van der Waals surface area contributed by atoms with Gasteiger partial charge >= 0.3 is 0 Å². The quantitative estimate of drug-likeness (QED) is 0.257. The molecule has 9 nitrogen and oxygen atoms in total. The fraction of sp³-hybridized carbons (Fsp3) is 0.486. The number of hydrogen-bond acceptors (Lipinski definition) is 7. The average Bonchev–Trinajstić information content (AvgIpc) is 3.34. The van der Waals surface area contributed by atoms with Gasteiger partial charge in [0.2, 0.25) is 11.8 Å². The molecule has 6 atom stereocenters. The molecule has 1 aromatic heterocycles. The second-order valence-electron chi connectivity index (χ2n) is 14.0. The zero-order valence-electron chi connectivity index (χ0n) is 27.5. The SMILES string of the molecule is CC(c1ccccc1)[C@@H](C[C@H](O)CN1CCN(Cc2cccnc2)C[C@H]1C(=O)NC(C)(C)C)C(=O)N[C@H]1c2ccccc2C[C@H]1O. The maximum Gasteiger partial charge on any atom is 0.239 e. The Morgan fingerprint density at radius 1 is 1.02 bits per heavy atom. The molecule has 1 aliphatic carbocycles. The number of aromatic nitrogens is 1. The summed E-state index contributed by atoms with van der Waals surface area (Å²) in [5, 5.41) is 28.7. The number of carbonyl (C=O) groups is 2. The molecule has 0 bridgehead atoms. The third-order valence-electron chi connectivity index (χ3n) is 9.24. The van der Waals surface area contributed by atoms with E-state index in [4.69, 9.17) is 0 Å². The van der Waals surface area contributed by atoms with E-state index in [2.05, 4.69) is 25.4 Å². The highest BCUT2D eigenvalue weighted by molar-refractivity contribution is 5.83. The van der Waals surface area contributed by atoms with E-state index in [9.17, 15) is 19.8 Å². The Morgan fingerprint density at radius 3 is 2.48 bits per heavy atom. The van der Waals surface area contributed by atoms with E-state index in [1.165, 1.54) is 0 Å². The van der Waals surface area contributed by atoms with Gasteiger partial charge in [0.05, 0.1) is 18.2 Å². The van der Waals surface area contributed by atoms with Crippen molar-refractivity contribution in [2.45, 2.75) is 82.8 Å². The summed E-state index contributed by atoms with van der Waals surface area (Å²) in [6.07, 6.45) is 2.76. The van der Waals surface area contributed by atoms with Crippen molar-refractivity contribution in [1.82, 2.24) is 25.4 Å². The van der Waals surface area contributed by atoms with Gasteiger partial charge in [0, 0.05) is 63.0 Å². The van der Waals surface area contributed by atoms with Gasteiger partial charge in [0.25, 0.3) is 0 Å². The van der Waals surface area contributed by atoms with E-state index in [-0.39, 0.29) is 30.7 Å². The molecule has 2 amide bonds. The van der Waals surface area contributed by atoms with Crippen molar-refractivity contribution >= 4 is 11.8 Å². The van der Waals surface area contributed by atoms with Crippen molar-refractivity contribution in [2.75, 3.05) is 26.2 Å². The number of hydrogen-bond donors (Lipinski definition) is 4. The maximum atomic E-state index is 14.0. The smallest absolute Gasteiger partial charge is 0.239 e. The van der Waals surface area contributed by atoms with Crippen molar-refractivity contribution in [1.29, 1.82) is 0 Å². The van der Waals surface area contributed by atoms with Crippen LogP contribution in [0.4, 0.5) is 0 Å². The molecule has 246 valence electrons. The van der Waals surface area contributed by atoms with Gasteiger partial charge in [0.15, 0.2) is 0 Å². The Hall–Kier alpha value is -3.63. The summed E-state index contributed by atoms with van der Waals surface area (Å²) in [6.45, 7) is 10.7. The van der Waals surface area contributed by atoms with Crippen LogP contribution in [0.1, 0.15) is 68.3 Å². The van der Waals surface area contributed by atoms with E-state index in [0.717, 1.165) is 28.8 Å².